The normalized spacial score (nSPS) is 12.9. The van der Waals surface area contributed by atoms with E-state index in [4.69, 9.17) is 0 Å². The van der Waals surface area contributed by atoms with Crippen molar-refractivity contribution in [3.05, 3.63) is 17.3 Å². The predicted octanol–water partition coefficient (Wildman–Crippen LogP) is 3.98. The van der Waals surface area contributed by atoms with Crippen molar-refractivity contribution in [3.63, 3.8) is 0 Å². The lowest BCUT2D eigenvalue weighted by atomic mass is 10.2. The van der Waals surface area contributed by atoms with Crippen molar-refractivity contribution in [1.82, 2.24) is 9.97 Å². The summed E-state index contributed by atoms with van der Waals surface area (Å²) in [7, 11) is 0. The molecule has 5 heteroatoms. The SMILES string of the molecule is CCC(Br)CCNc1ncnc2sc(C)cc12. The van der Waals surface area contributed by atoms with Crippen LogP contribution in [-0.2, 0) is 0 Å². The molecule has 0 bridgehead atoms. The van der Waals surface area contributed by atoms with E-state index in [1.165, 1.54) is 4.88 Å². The Morgan fingerprint density at radius 3 is 3.06 bits per heavy atom. The molecular weight excluding hydrogens is 298 g/mol. The monoisotopic (exact) mass is 313 g/mol. The molecule has 0 fully saturated rings. The molecule has 0 saturated carbocycles. The molecule has 0 spiro atoms. The molecule has 1 atom stereocenters. The third-order valence-electron chi connectivity index (χ3n) is 2.65. The molecule has 0 aliphatic carbocycles. The van der Waals surface area contributed by atoms with Gasteiger partial charge < -0.3 is 5.32 Å². The Morgan fingerprint density at radius 2 is 2.29 bits per heavy atom. The highest BCUT2D eigenvalue weighted by Gasteiger charge is 2.07. The van der Waals surface area contributed by atoms with Crippen LogP contribution in [0.2, 0.25) is 0 Å². The fourth-order valence-corrected chi connectivity index (χ4v) is 2.74. The number of hydrogen-bond acceptors (Lipinski definition) is 4. The van der Waals surface area contributed by atoms with Gasteiger partial charge in [0.2, 0.25) is 0 Å². The molecule has 0 saturated heterocycles. The smallest absolute Gasteiger partial charge is 0.138 e. The summed E-state index contributed by atoms with van der Waals surface area (Å²) in [4.78, 5) is 11.5. The molecule has 2 aromatic heterocycles. The Kier molecular flexibility index (Phi) is 4.34. The van der Waals surface area contributed by atoms with E-state index in [1.54, 1.807) is 17.7 Å². The van der Waals surface area contributed by atoms with Crippen molar-refractivity contribution in [2.45, 2.75) is 31.5 Å². The van der Waals surface area contributed by atoms with E-state index in [9.17, 15) is 0 Å². The maximum absolute atomic E-state index is 4.31. The molecule has 1 N–H and O–H groups in total. The van der Waals surface area contributed by atoms with Crippen molar-refractivity contribution in [2.24, 2.45) is 0 Å². The number of aromatic nitrogens is 2. The highest BCUT2D eigenvalue weighted by molar-refractivity contribution is 9.09. The van der Waals surface area contributed by atoms with E-state index in [2.05, 4.69) is 51.1 Å². The number of nitrogens with zero attached hydrogens (tertiary/aromatic N) is 2. The topological polar surface area (TPSA) is 37.8 Å². The first-order valence-corrected chi connectivity index (χ1v) is 7.53. The second-order valence-electron chi connectivity index (χ2n) is 4.02. The highest BCUT2D eigenvalue weighted by Crippen LogP contribution is 2.27. The van der Waals surface area contributed by atoms with Gasteiger partial charge in [-0.3, -0.25) is 0 Å². The van der Waals surface area contributed by atoms with Gasteiger partial charge in [0.05, 0.1) is 5.39 Å². The number of anilines is 1. The molecule has 17 heavy (non-hydrogen) atoms. The highest BCUT2D eigenvalue weighted by atomic mass is 79.9. The maximum atomic E-state index is 4.31. The summed E-state index contributed by atoms with van der Waals surface area (Å²) in [6.07, 6.45) is 3.88. The minimum absolute atomic E-state index is 0.580. The molecule has 92 valence electrons. The van der Waals surface area contributed by atoms with E-state index in [0.717, 1.165) is 35.4 Å². The first-order chi connectivity index (χ1) is 8.20. The summed E-state index contributed by atoms with van der Waals surface area (Å²) in [5.74, 6) is 0.954. The fraction of sp³-hybridized carbons (Fsp3) is 0.500. The van der Waals surface area contributed by atoms with Crippen LogP contribution in [0.1, 0.15) is 24.6 Å². The van der Waals surface area contributed by atoms with Gasteiger partial charge in [0.1, 0.15) is 17.0 Å². The quantitative estimate of drug-likeness (QED) is 0.849. The lowest BCUT2D eigenvalue weighted by Crippen LogP contribution is -2.08. The fourth-order valence-electron chi connectivity index (χ4n) is 1.67. The second kappa shape index (κ2) is 5.78. The molecule has 2 heterocycles. The molecule has 0 aliphatic heterocycles. The van der Waals surface area contributed by atoms with E-state index >= 15 is 0 Å². The largest absolute Gasteiger partial charge is 0.369 e. The summed E-state index contributed by atoms with van der Waals surface area (Å²) in [5, 5.41) is 4.53. The van der Waals surface area contributed by atoms with Crippen LogP contribution in [0.5, 0.6) is 0 Å². The lowest BCUT2D eigenvalue weighted by molar-refractivity contribution is 0.773. The number of nitrogens with one attached hydrogen (secondary N) is 1. The maximum Gasteiger partial charge on any atom is 0.138 e. The van der Waals surface area contributed by atoms with Gasteiger partial charge in [-0.1, -0.05) is 22.9 Å². The molecule has 2 rings (SSSR count). The first-order valence-electron chi connectivity index (χ1n) is 5.79. The molecule has 0 aliphatic rings. The third-order valence-corrected chi connectivity index (χ3v) is 4.71. The van der Waals surface area contributed by atoms with Crippen LogP contribution >= 0.6 is 27.3 Å². The zero-order valence-electron chi connectivity index (χ0n) is 10.0. The first kappa shape index (κ1) is 12.8. The molecule has 0 radical (unpaired) electrons. The Hall–Kier alpha value is -0.680. The standard InChI is InChI=1S/C12H16BrN3S/c1-3-9(13)4-5-14-11-10-6-8(2)17-12(10)16-7-15-11/h6-7,9H,3-5H2,1-2H3,(H,14,15,16). The van der Waals surface area contributed by atoms with Gasteiger partial charge in [0, 0.05) is 16.2 Å². The van der Waals surface area contributed by atoms with Gasteiger partial charge >= 0.3 is 0 Å². The minimum Gasteiger partial charge on any atom is -0.369 e. The summed E-state index contributed by atoms with van der Waals surface area (Å²) in [6, 6.07) is 2.15. The van der Waals surface area contributed by atoms with Crippen LogP contribution in [0.25, 0.3) is 10.2 Å². The lowest BCUT2D eigenvalue weighted by Gasteiger charge is -2.08. The van der Waals surface area contributed by atoms with Crippen molar-refractivity contribution in [2.75, 3.05) is 11.9 Å². The van der Waals surface area contributed by atoms with E-state index in [0.29, 0.717) is 4.83 Å². The van der Waals surface area contributed by atoms with Crippen LogP contribution in [0, 0.1) is 6.92 Å². The number of fused-ring (bicyclic) bond motifs is 1. The molecule has 3 nitrogen and oxygen atoms in total. The number of hydrogen-bond donors (Lipinski definition) is 1. The van der Waals surface area contributed by atoms with Crippen molar-refractivity contribution in [3.8, 4) is 0 Å². The van der Waals surface area contributed by atoms with Crippen molar-refractivity contribution < 1.29 is 0 Å². The summed E-state index contributed by atoms with van der Waals surface area (Å²) in [6.45, 7) is 5.22. The number of aryl methyl sites for hydroxylation is 1. The molecule has 0 amide bonds. The van der Waals surface area contributed by atoms with Crippen LogP contribution in [0.15, 0.2) is 12.4 Å². The van der Waals surface area contributed by atoms with Crippen LogP contribution < -0.4 is 5.32 Å². The molecule has 0 aromatic carbocycles. The Morgan fingerprint density at radius 1 is 1.47 bits per heavy atom. The van der Waals surface area contributed by atoms with Gasteiger partial charge in [-0.2, -0.15) is 0 Å². The Bertz CT molecular complexity index is 497. The third kappa shape index (κ3) is 3.16. The number of alkyl halides is 1. The van der Waals surface area contributed by atoms with Gasteiger partial charge in [0.25, 0.3) is 0 Å². The van der Waals surface area contributed by atoms with Crippen LogP contribution in [0.3, 0.4) is 0 Å². The van der Waals surface area contributed by atoms with Gasteiger partial charge in [-0.05, 0) is 25.8 Å². The average Bonchev–Trinajstić information content (AvgIpc) is 2.70. The second-order valence-corrected chi connectivity index (χ2v) is 6.55. The molecular formula is C12H16BrN3S. The molecule has 2 aromatic rings. The van der Waals surface area contributed by atoms with E-state index in [-0.39, 0.29) is 0 Å². The summed E-state index contributed by atoms with van der Waals surface area (Å²) in [5.41, 5.74) is 0. The number of rotatable bonds is 5. The number of halogens is 1. The van der Waals surface area contributed by atoms with Crippen molar-refractivity contribution >= 4 is 43.3 Å². The van der Waals surface area contributed by atoms with Crippen LogP contribution in [-0.4, -0.2) is 21.3 Å². The zero-order chi connectivity index (χ0) is 12.3. The van der Waals surface area contributed by atoms with Crippen molar-refractivity contribution in [1.29, 1.82) is 0 Å². The minimum atomic E-state index is 0.580. The van der Waals surface area contributed by atoms with Gasteiger partial charge in [-0.15, -0.1) is 11.3 Å². The van der Waals surface area contributed by atoms with Gasteiger partial charge in [-0.25, -0.2) is 9.97 Å². The average molecular weight is 314 g/mol. The number of thiophene rings is 1. The van der Waals surface area contributed by atoms with Gasteiger partial charge in [0.15, 0.2) is 0 Å². The Balaban J connectivity index is 2.08. The zero-order valence-corrected chi connectivity index (χ0v) is 12.4. The predicted molar refractivity (Wildman–Crippen MR) is 78.3 cm³/mol. The van der Waals surface area contributed by atoms with Crippen LogP contribution in [0.4, 0.5) is 5.82 Å². The van der Waals surface area contributed by atoms with E-state index in [1.807, 2.05) is 0 Å². The molecule has 1 unspecified atom stereocenters. The van der Waals surface area contributed by atoms with E-state index < -0.39 is 0 Å². The summed E-state index contributed by atoms with van der Waals surface area (Å²) >= 11 is 5.34. The summed E-state index contributed by atoms with van der Waals surface area (Å²) < 4.78 is 0. The Labute approximate surface area is 114 Å².